The largest absolute Gasteiger partial charge is 0.495 e. The molecule has 0 saturated carbocycles. The second-order valence-corrected chi connectivity index (χ2v) is 29.2. The summed E-state index contributed by atoms with van der Waals surface area (Å²) in [5.74, 6) is 5.08. The molecule has 85 heavy (non-hydrogen) atoms. The van der Waals surface area contributed by atoms with E-state index in [2.05, 4.69) is 88.3 Å². The van der Waals surface area contributed by atoms with Gasteiger partial charge in [-0.25, -0.2) is 63.6 Å². The molecular formula is C48H65BBr3ClN14O14S4. The molecule has 2 amide bonds. The van der Waals surface area contributed by atoms with Gasteiger partial charge in [0, 0.05) is 113 Å². The number of halogens is 4. The SMILES string of the molecule is C1CCOC1.CC(=O)Nc1cc(-c2cnc(N)c(S(C)(=O)=O)c2)ccn1.CC(=O)Nc1cc(B2OC(C)(C)C(C)(C)O2)ccn1.CCO.CS(=O)(=O)c1cc(Br)cnc1N.NNS(=O)(=O)c1cc(Br)cnc1N.Nc1ncc(Br)cc1S(=O)(=O)Cl. The minimum absolute atomic E-state index is 0.0284. The molecule has 6 aromatic rings. The van der Waals surface area contributed by atoms with Crippen LogP contribution in [-0.4, -0.2) is 131 Å². The van der Waals surface area contributed by atoms with Crippen LogP contribution < -0.4 is 49.7 Å². The third-order valence-electron chi connectivity index (χ3n) is 10.8. The first kappa shape index (κ1) is 75.5. The molecule has 2 aliphatic rings. The number of nitrogens with zero attached hydrogens (tertiary/aromatic N) is 6. The molecule has 0 unspecified atom stereocenters. The van der Waals surface area contributed by atoms with Crippen molar-refractivity contribution < 1.29 is 62.4 Å². The molecule has 8 rings (SSSR count). The van der Waals surface area contributed by atoms with Crippen LogP contribution in [0.5, 0.6) is 0 Å². The van der Waals surface area contributed by atoms with E-state index in [1.807, 2.05) is 33.8 Å². The lowest BCUT2D eigenvalue weighted by Crippen LogP contribution is -2.41. The van der Waals surface area contributed by atoms with E-state index in [1.54, 1.807) is 36.2 Å². The van der Waals surface area contributed by atoms with Crippen LogP contribution in [0, 0.1) is 0 Å². The number of aliphatic hydroxyl groups is 1. The Labute approximate surface area is 523 Å². The van der Waals surface area contributed by atoms with E-state index in [9.17, 15) is 43.3 Å². The Morgan fingerprint density at radius 2 is 0.988 bits per heavy atom. The fourth-order valence-electron chi connectivity index (χ4n) is 6.17. The smallest absolute Gasteiger partial charge is 0.399 e. The monoisotopic (exact) mass is 1470 g/mol. The van der Waals surface area contributed by atoms with Gasteiger partial charge >= 0.3 is 7.12 Å². The van der Waals surface area contributed by atoms with Crippen molar-refractivity contribution in [3.05, 3.63) is 99.1 Å². The number of amides is 2. The van der Waals surface area contributed by atoms with Crippen molar-refractivity contribution in [2.45, 2.75) is 92.1 Å². The average Bonchev–Trinajstić information content (AvgIpc) is 2.03. The van der Waals surface area contributed by atoms with E-state index in [1.165, 1.54) is 81.9 Å². The number of sulfonamides is 1. The van der Waals surface area contributed by atoms with Gasteiger partial charge in [0.15, 0.2) is 19.7 Å². The zero-order valence-electron chi connectivity index (χ0n) is 47.2. The van der Waals surface area contributed by atoms with Gasteiger partial charge in [0.1, 0.15) is 54.5 Å². The first-order chi connectivity index (χ1) is 39.2. The molecule has 0 spiro atoms. The zero-order valence-corrected chi connectivity index (χ0v) is 55.9. The van der Waals surface area contributed by atoms with Gasteiger partial charge in [-0.15, -0.1) is 4.83 Å². The molecule has 2 fully saturated rings. The number of pyridine rings is 6. The van der Waals surface area contributed by atoms with Gasteiger partial charge in [-0.3, -0.25) is 15.4 Å². The van der Waals surface area contributed by atoms with Crippen molar-refractivity contribution in [3.63, 3.8) is 0 Å². The number of rotatable bonds is 9. The van der Waals surface area contributed by atoms with E-state index >= 15 is 0 Å². The Morgan fingerprint density at radius 3 is 1.36 bits per heavy atom. The van der Waals surface area contributed by atoms with E-state index in [0.29, 0.717) is 36.2 Å². The maximum atomic E-state index is 11.7. The van der Waals surface area contributed by atoms with Crippen LogP contribution in [0.3, 0.4) is 0 Å². The van der Waals surface area contributed by atoms with Gasteiger partial charge in [0.25, 0.3) is 19.1 Å². The number of nitrogens with two attached hydrogens (primary N) is 5. The van der Waals surface area contributed by atoms with Crippen LogP contribution >= 0.6 is 58.5 Å². The second-order valence-electron chi connectivity index (χ2n) is 18.3. The highest BCUT2D eigenvalue weighted by atomic mass is 79.9. The van der Waals surface area contributed by atoms with Crippen LogP contribution in [0.2, 0.25) is 0 Å². The molecule has 6 aromatic heterocycles. The quantitative estimate of drug-likeness (QED) is 0.0398. The number of carbonyl (C=O) groups is 2. The normalized spacial score (nSPS) is 13.9. The van der Waals surface area contributed by atoms with Crippen LogP contribution in [0.15, 0.2) is 119 Å². The Kier molecular flexibility index (Phi) is 29.8. The lowest BCUT2D eigenvalue weighted by Gasteiger charge is -2.32. The summed E-state index contributed by atoms with van der Waals surface area (Å²) in [6.45, 7) is 14.8. The maximum Gasteiger partial charge on any atom is 0.495 e. The number of hydrazine groups is 1. The third-order valence-corrected chi connectivity index (χ3v) is 16.9. The maximum absolute atomic E-state index is 11.7. The van der Waals surface area contributed by atoms with E-state index in [4.69, 9.17) is 58.6 Å². The Balaban J connectivity index is 0.000000356. The van der Waals surface area contributed by atoms with Gasteiger partial charge < -0.3 is 52.7 Å². The van der Waals surface area contributed by atoms with Gasteiger partial charge in [-0.2, -0.15) is 0 Å². The van der Waals surface area contributed by atoms with E-state index in [-0.39, 0.29) is 72.5 Å². The number of hydrogen-bond acceptors (Lipinski definition) is 25. The van der Waals surface area contributed by atoms with Crippen molar-refractivity contribution in [1.29, 1.82) is 0 Å². The first-order valence-corrected chi connectivity index (χ1v) is 34.2. The molecule has 0 radical (unpaired) electrons. The zero-order chi connectivity index (χ0) is 64.9. The third kappa shape index (κ3) is 25.7. The van der Waals surface area contributed by atoms with Crippen LogP contribution in [0.1, 0.15) is 61.3 Å². The molecule has 0 bridgehead atoms. The molecule has 37 heteroatoms. The number of hydrogen-bond donors (Lipinski definition) is 9. The number of sulfone groups is 2. The average molecular weight is 1480 g/mol. The number of carbonyl (C=O) groups excluding carboxylic acids is 2. The Bertz CT molecular complexity index is 3630. The summed E-state index contributed by atoms with van der Waals surface area (Å²) >= 11 is 9.22. The number of aliphatic hydroxyl groups excluding tert-OH is 1. The summed E-state index contributed by atoms with van der Waals surface area (Å²) in [5.41, 5.74) is 22.9. The van der Waals surface area contributed by atoms with E-state index in [0.717, 1.165) is 31.2 Å². The lowest BCUT2D eigenvalue weighted by atomic mass is 9.80. The molecule has 466 valence electrons. The fraction of sp³-hybridized carbons (Fsp3) is 0.333. The topological polar surface area (TPSA) is 462 Å². The minimum atomic E-state index is -3.80. The van der Waals surface area contributed by atoms with Crippen LogP contribution in [0.25, 0.3) is 11.1 Å². The molecular weight excluding hydrogens is 1410 g/mol. The molecule has 0 aliphatic carbocycles. The molecule has 2 aliphatic heterocycles. The highest BCUT2D eigenvalue weighted by Crippen LogP contribution is 2.36. The van der Waals surface area contributed by atoms with E-state index < -0.39 is 45.9 Å². The van der Waals surface area contributed by atoms with Crippen molar-refractivity contribution in [1.82, 2.24) is 34.7 Å². The predicted octanol–water partition coefficient (Wildman–Crippen LogP) is 4.98. The molecule has 0 aromatic carbocycles. The second kappa shape index (κ2) is 33.5. The highest BCUT2D eigenvalue weighted by Gasteiger charge is 2.51. The predicted molar refractivity (Wildman–Crippen MR) is 336 cm³/mol. The fourth-order valence-corrected chi connectivity index (χ4v) is 10.8. The van der Waals surface area contributed by atoms with Crippen molar-refractivity contribution in [3.8, 4) is 11.1 Å². The summed E-state index contributed by atoms with van der Waals surface area (Å²) < 4.78 is 108. The number of ether oxygens (including phenoxy) is 1. The lowest BCUT2D eigenvalue weighted by molar-refractivity contribution is -0.115. The molecule has 28 nitrogen and oxygen atoms in total. The number of aromatic nitrogens is 6. The number of nitrogens with one attached hydrogen (secondary N) is 3. The summed E-state index contributed by atoms with van der Waals surface area (Å²) in [7, 11) is -9.66. The van der Waals surface area contributed by atoms with Crippen molar-refractivity contribution >= 4 is 157 Å². The summed E-state index contributed by atoms with van der Waals surface area (Å²) in [5, 5.41) is 12.8. The standard InChI is InChI=1S/C13H19BN2O3.C13H14N4O3S.C6H7BrN2O2S.C5H4BrClN2O2S.C5H7BrN4O2S.C4H8O.C2H6O/c1-9(17)16-11-8-10(6-7-15-11)14-18-12(2,3)13(4,5)19-14;1-8(18)17-12-6-9(3-4-15-12)10-5-11(21(2,19)20)13(14)16-7-10;1-12(10,11)5-2-4(7)3-9-6(5)8;6-3-1-4(12(7,10)11)5(8)9-2-3;6-3-1-4(5(7)9-2-3)13(11,12)10-8;1-2-4-5-3-1;1-2-3/h6-8H,1-5H3,(H,15,16,17);3-7H,1-2H3,(H2,14,16)(H,15,17,18);2-3H,1H3,(H2,8,9);1-2H,(H2,8,9);1-2,10H,8H2,(H2,7,9);1-4H2;3H,2H2,1H3. The van der Waals surface area contributed by atoms with Gasteiger partial charge in [0.2, 0.25) is 11.8 Å². The first-order valence-electron chi connectivity index (χ1n) is 24.3. The molecule has 0 atom stereocenters. The highest BCUT2D eigenvalue weighted by molar-refractivity contribution is 9.11. The van der Waals surface area contributed by atoms with Crippen LogP contribution in [0.4, 0.5) is 34.9 Å². The van der Waals surface area contributed by atoms with Gasteiger partial charge in [-0.05, 0) is 155 Å². The summed E-state index contributed by atoms with van der Waals surface area (Å²) in [6.07, 6.45) is 13.6. The number of nitrogen functional groups attached to an aromatic ring is 4. The molecule has 2 saturated heterocycles. The van der Waals surface area contributed by atoms with Gasteiger partial charge in [-0.1, -0.05) is 0 Å². The molecule has 8 heterocycles. The Morgan fingerprint density at radius 1 is 0.612 bits per heavy atom. The van der Waals surface area contributed by atoms with Crippen molar-refractivity contribution in [2.24, 2.45) is 5.84 Å². The summed E-state index contributed by atoms with van der Waals surface area (Å²) in [4.78, 5) is 46.4. The minimum Gasteiger partial charge on any atom is -0.399 e. The van der Waals surface area contributed by atoms with Gasteiger partial charge in [0.05, 0.1) is 11.2 Å². The Hall–Kier alpha value is -5.61. The summed E-state index contributed by atoms with van der Waals surface area (Å²) in [6, 6.07) is 12.4. The molecule has 14 N–H and O–H groups in total. The number of anilines is 6. The van der Waals surface area contributed by atoms with Crippen molar-refractivity contribution in [2.75, 3.05) is 65.9 Å². The van der Waals surface area contributed by atoms with Crippen LogP contribution in [-0.2, 0) is 62.4 Å².